The first-order chi connectivity index (χ1) is 16.3. The molecule has 0 amide bonds. The van der Waals surface area contributed by atoms with Crippen molar-refractivity contribution in [1.29, 1.82) is 0 Å². The van der Waals surface area contributed by atoms with Crippen LogP contribution in [0.1, 0.15) is 30.0 Å². The highest BCUT2D eigenvalue weighted by Crippen LogP contribution is 2.44. The quantitative estimate of drug-likeness (QED) is 0.456. The maximum Gasteiger partial charge on any atom is 0.0953 e. The molecule has 0 aliphatic carbocycles. The highest BCUT2D eigenvalue weighted by molar-refractivity contribution is 6.03. The third-order valence-electron chi connectivity index (χ3n) is 5.93. The van der Waals surface area contributed by atoms with Crippen molar-refractivity contribution in [3.05, 3.63) is 89.9 Å². The van der Waals surface area contributed by atoms with Gasteiger partial charge in [0.1, 0.15) is 0 Å². The number of fused-ring (bicyclic) bond motifs is 3. The maximum absolute atomic E-state index is 5.74. The Hall–Kier alpha value is -3.88. The molecule has 2 aromatic carbocycles. The van der Waals surface area contributed by atoms with Gasteiger partial charge in [0.05, 0.1) is 29.8 Å². The fourth-order valence-electron chi connectivity index (χ4n) is 4.34. The Labute approximate surface area is 194 Å². The van der Waals surface area contributed by atoms with Crippen LogP contribution in [-0.2, 0) is 6.42 Å². The van der Waals surface area contributed by atoms with Gasteiger partial charge in [-0.3, -0.25) is 9.97 Å². The Bertz CT molecular complexity index is 1320. The van der Waals surface area contributed by atoms with Gasteiger partial charge in [-0.1, -0.05) is 30.9 Å². The lowest BCUT2D eigenvalue weighted by Crippen LogP contribution is -2.28. The summed E-state index contributed by atoms with van der Waals surface area (Å²) in [5.41, 5.74) is 13.4. The van der Waals surface area contributed by atoms with Crippen LogP contribution in [0, 0.1) is 11.8 Å². The zero-order valence-corrected chi connectivity index (χ0v) is 18.8. The van der Waals surface area contributed by atoms with E-state index < -0.39 is 0 Å². The van der Waals surface area contributed by atoms with E-state index >= 15 is 0 Å². The van der Waals surface area contributed by atoms with E-state index in [2.05, 4.69) is 69.9 Å². The molecule has 164 valence electrons. The fraction of sp³-hybridized carbons (Fsp3) is 0.214. The van der Waals surface area contributed by atoms with Gasteiger partial charge in [-0.05, 0) is 67.4 Å². The van der Waals surface area contributed by atoms with E-state index in [1.54, 1.807) is 12.4 Å². The molecule has 5 nitrogen and oxygen atoms in total. The summed E-state index contributed by atoms with van der Waals surface area (Å²) in [6, 6.07) is 18.9. The Morgan fingerprint density at radius 3 is 2.61 bits per heavy atom. The predicted molar refractivity (Wildman–Crippen MR) is 136 cm³/mol. The normalized spacial score (nSPS) is 12.5. The second-order valence-electron chi connectivity index (χ2n) is 8.25. The minimum atomic E-state index is 0.662. The number of nitrogens with two attached hydrogens (primary N) is 1. The summed E-state index contributed by atoms with van der Waals surface area (Å²) in [6.07, 6.45) is 7.53. The molecule has 2 N–H and O–H groups in total. The highest BCUT2D eigenvalue weighted by atomic mass is 15.4. The van der Waals surface area contributed by atoms with E-state index in [0.717, 1.165) is 48.1 Å². The van der Waals surface area contributed by atoms with Crippen LogP contribution in [0.25, 0.3) is 10.9 Å². The second-order valence-corrected chi connectivity index (χ2v) is 8.25. The fourth-order valence-corrected chi connectivity index (χ4v) is 4.34. The molecule has 0 radical (unpaired) electrons. The van der Waals surface area contributed by atoms with Crippen LogP contribution >= 0.6 is 0 Å². The van der Waals surface area contributed by atoms with Crippen LogP contribution in [0.2, 0.25) is 0 Å². The van der Waals surface area contributed by atoms with Gasteiger partial charge in [0.15, 0.2) is 0 Å². The number of aromatic nitrogens is 2. The second kappa shape index (κ2) is 9.32. The molecule has 3 heterocycles. The van der Waals surface area contributed by atoms with Crippen LogP contribution in [0.3, 0.4) is 0 Å². The van der Waals surface area contributed by atoms with Crippen molar-refractivity contribution >= 4 is 28.0 Å². The molecule has 0 atom stereocenters. The Morgan fingerprint density at radius 2 is 1.85 bits per heavy atom. The van der Waals surface area contributed by atoms with Crippen molar-refractivity contribution in [1.82, 2.24) is 9.97 Å². The van der Waals surface area contributed by atoms with Crippen LogP contribution < -0.4 is 15.5 Å². The van der Waals surface area contributed by atoms with Crippen LogP contribution in [0.4, 0.5) is 17.1 Å². The highest BCUT2D eigenvalue weighted by Gasteiger charge is 2.29. The van der Waals surface area contributed by atoms with Crippen molar-refractivity contribution in [3.63, 3.8) is 0 Å². The molecule has 33 heavy (non-hydrogen) atoms. The minimum absolute atomic E-state index is 0.662. The molecule has 2 aromatic heterocycles. The molecule has 0 fully saturated rings. The molecule has 0 bridgehead atoms. The van der Waals surface area contributed by atoms with Gasteiger partial charge in [-0.25, -0.2) is 0 Å². The van der Waals surface area contributed by atoms with Crippen molar-refractivity contribution in [3.8, 4) is 11.8 Å². The Balaban J connectivity index is 1.60. The van der Waals surface area contributed by atoms with Crippen LogP contribution in [-0.4, -0.2) is 29.7 Å². The number of rotatable bonds is 5. The number of hydrogen-bond acceptors (Lipinski definition) is 5. The third kappa shape index (κ3) is 4.26. The van der Waals surface area contributed by atoms with Crippen molar-refractivity contribution in [2.75, 3.05) is 29.6 Å². The predicted octanol–water partition coefficient (Wildman–Crippen LogP) is 4.86. The first-order valence-electron chi connectivity index (χ1n) is 11.4. The van der Waals surface area contributed by atoms with Gasteiger partial charge in [-0.15, -0.1) is 0 Å². The molecular formula is C28H27N5. The molecule has 5 heteroatoms. The van der Waals surface area contributed by atoms with E-state index in [0.29, 0.717) is 6.54 Å². The number of nitrogens with zero attached hydrogens (tertiary/aromatic N) is 4. The Kier molecular flexibility index (Phi) is 5.93. The molecular weight excluding hydrogens is 406 g/mol. The van der Waals surface area contributed by atoms with Gasteiger partial charge >= 0.3 is 0 Å². The average Bonchev–Trinajstić information content (AvgIpc) is 3.23. The number of pyridine rings is 2. The summed E-state index contributed by atoms with van der Waals surface area (Å²) in [5, 5.41) is 1.12. The summed E-state index contributed by atoms with van der Waals surface area (Å²) in [7, 11) is 0. The molecule has 4 aromatic rings. The van der Waals surface area contributed by atoms with Crippen molar-refractivity contribution < 1.29 is 0 Å². The van der Waals surface area contributed by atoms with E-state index in [1.807, 2.05) is 24.4 Å². The molecule has 0 unspecified atom stereocenters. The summed E-state index contributed by atoms with van der Waals surface area (Å²) < 4.78 is 0. The van der Waals surface area contributed by atoms with E-state index in [1.165, 1.54) is 22.6 Å². The molecule has 5 rings (SSSR count). The minimum Gasteiger partial charge on any atom is -0.351 e. The smallest absolute Gasteiger partial charge is 0.0953 e. The van der Waals surface area contributed by atoms with Gasteiger partial charge in [0, 0.05) is 41.1 Å². The zero-order valence-electron chi connectivity index (χ0n) is 18.8. The molecule has 1 aliphatic heterocycles. The number of hydrogen-bond donors (Lipinski definition) is 1. The number of anilines is 3. The van der Waals surface area contributed by atoms with Crippen LogP contribution in [0.15, 0.2) is 73.2 Å². The summed E-state index contributed by atoms with van der Waals surface area (Å²) >= 11 is 0. The third-order valence-corrected chi connectivity index (χ3v) is 5.93. The lowest BCUT2D eigenvalue weighted by Gasteiger charge is -2.22. The van der Waals surface area contributed by atoms with Crippen molar-refractivity contribution in [2.45, 2.75) is 19.8 Å². The Morgan fingerprint density at radius 1 is 1.00 bits per heavy atom. The number of benzene rings is 2. The van der Waals surface area contributed by atoms with Gasteiger partial charge in [0.25, 0.3) is 0 Å². The van der Waals surface area contributed by atoms with E-state index in [-0.39, 0.29) is 0 Å². The lowest BCUT2D eigenvalue weighted by atomic mass is 10.1. The molecule has 0 spiro atoms. The molecule has 1 aliphatic rings. The summed E-state index contributed by atoms with van der Waals surface area (Å²) in [5.74, 6) is 6.51. The van der Waals surface area contributed by atoms with E-state index in [9.17, 15) is 0 Å². The summed E-state index contributed by atoms with van der Waals surface area (Å²) in [6.45, 7) is 4.67. The van der Waals surface area contributed by atoms with Gasteiger partial charge in [0.2, 0.25) is 0 Å². The maximum atomic E-state index is 5.74. The standard InChI is InChI=1S/C28H27N5/c1-2-16-32-20-33(24-10-7-21(8-11-24)13-14-29)28-25-17-22(5-6-23-4-3-15-30-18-23)9-12-26(25)31-19-27(28)32/h3-4,7-12,15,17-19H,2,13-14,16,20,29H2,1H3. The monoisotopic (exact) mass is 433 g/mol. The van der Waals surface area contributed by atoms with Crippen LogP contribution in [0.5, 0.6) is 0 Å². The largest absolute Gasteiger partial charge is 0.351 e. The molecule has 0 saturated heterocycles. The van der Waals surface area contributed by atoms with Gasteiger partial charge < -0.3 is 15.5 Å². The van der Waals surface area contributed by atoms with Gasteiger partial charge in [-0.2, -0.15) is 0 Å². The lowest BCUT2D eigenvalue weighted by molar-refractivity contribution is 0.794. The van der Waals surface area contributed by atoms with E-state index in [4.69, 9.17) is 10.7 Å². The SMILES string of the molecule is CCCN1CN(c2ccc(CCN)cc2)c2c1cnc1ccc(C#Cc3cccnc3)cc21. The topological polar surface area (TPSA) is 58.3 Å². The average molecular weight is 434 g/mol. The molecule has 0 saturated carbocycles. The summed E-state index contributed by atoms with van der Waals surface area (Å²) in [4.78, 5) is 13.7. The van der Waals surface area contributed by atoms with Crippen molar-refractivity contribution in [2.24, 2.45) is 5.73 Å². The zero-order chi connectivity index (χ0) is 22.6. The first kappa shape index (κ1) is 21.0. The first-order valence-corrected chi connectivity index (χ1v) is 11.4.